The minimum absolute atomic E-state index is 0.0146. The third kappa shape index (κ3) is 6.34. The van der Waals surface area contributed by atoms with Crippen molar-refractivity contribution >= 4 is 17.2 Å². The molecule has 1 saturated heterocycles. The molecule has 0 spiro atoms. The summed E-state index contributed by atoms with van der Waals surface area (Å²) in [5.41, 5.74) is 0.205. The molecule has 2 aromatic heterocycles. The number of carbonyl (C=O) groups excluding carboxylic acids is 1. The van der Waals surface area contributed by atoms with Crippen molar-refractivity contribution in [3.8, 4) is 16.3 Å². The number of aryl methyl sites for hydroxylation is 1. The molecule has 186 valence electrons. The van der Waals surface area contributed by atoms with Crippen molar-refractivity contribution < 1.29 is 27.4 Å². The summed E-state index contributed by atoms with van der Waals surface area (Å²) in [7, 11) is 0. The summed E-state index contributed by atoms with van der Waals surface area (Å²) in [6.45, 7) is 4.76. The van der Waals surface area contributed by atoms with Gasteiger partial charge in [0, 0.05) is 28.8 Å². The molecule has 2 atom stereocenters. The minimum atomic E-state index is -4.58. The zero-order valence-corrected chi connectivity index (χ0v) is 20.1. The minimum Gasteiger partial charge on any atom is -0.491 e. The van der Waals surface area contributed by atoms with Crippen LogP contribution in [-0.4, -0.2) is 40.4 Å². The predicted octanol–water partition coefficient (Wildman–Crippen LogP) is 5.23. The molecule has 11 heteroatoms. The fourth-order valence-electron chi connectivity index (χ4n) is 3.58. The maximum Gasteiger partial charge on any atom is 0.435 e. The number of halogens is 3. The highest BCUT2D eigenvalue weighted by atomic mass is 32.1. The lowest BCUT2D eigenvalue weighted by molar-refractivity contribution is -0.141. The first-order valence-electron chi connectivity index (χ1n) is 11.3. The van der Waals surface area contributed by atoms with E-state index in [9.17, 15) is 18.0 Å². The van der Waals surface area contributed by atoms with Gasteiger partial charge in [-0.1, -0.05) is 6.92 Å². The molecule has 35 heavy (non-hydrogen) atoms. The largest absolute Gasteiger partial charge is 0.491 e. The summed E-state index contributed by atoms with van der Waals surface area (Å²) in [4.78, 5) is 18.7. The van der Waals surface area contributed by atoms with Crippen LogP contribution in [0.25, 0.3) is 10.6 Å². The Morgan fingerprint density at radius 3 is 2.74 bits per heavy atom. The molecule has 7 nitrogen and oxygen atoms in total. The van der Waals surface area contributed by atoms with Gasteiger partial charge in [-0.3, -0.25) is 4.79 Å². The molecule has 1 unspecified atom stereocenters. The summed E-state index contributed by atoms with van der Waals surface area (Å²) >= 11 is 1.54. The molecule has 1 aromatic carbocycles. The molecular formula is C24H25F3N4O3S. The van der Waals surface area contributed by atoms with Crippen LogP contribution in [0.5, 0.6) is 5.75 Å². The van der Waals surface area contributed by atoms with Gasteiger partial charge in [-0.2, -0.15) is 18.3 Å². The van der Waals surface area contributed by atoms with Gasteiger partial charge < -0.3 is 14.8 Å². The number of hydrogen-bond donors (Lipinski definition) is 1. The summed E-state index contributed by atoms with van der Waals surface area (Å²) in [6, 6.07) is 6.58. The highest BCUT2D eigenvalue weighted by Gasteiger charge is 2.33. The normalized spacial score (nSPS) is 16.8. The lowest BCUT2D eigenvalue weighted by Gasteiger charge is -2.16. The number of benzene rings is 1. The number of nitrogens with one attached hydrogen (secondary N) is 1. The number of aromatic nitrogens is 3. The number of rotatable bonds is 8. The van der Waals surface area contributed by atoms with Crippen molar-refractivity contribution in [3.05, 3.63) is 58.4 Å². The van der Waals surface area contributed by atoms with E-state index < -0.39 is 23.8 Å². The van der Waals surface area contributed by atoms with Crippen LogP contribution in [-0.2, 0) is 17.3 Å². The quantitative estimate of drug-likeness (QED) is 0.450. The monoisotopic (exact) mass is 506 g/mol. The number of alkyl halides is 3. The smallest absolute Gasteiger partial charge is 0.435 e. The zero-order valence-electron chi connectivity index (χ0n) is 19.3. The first kappa shape index (κ1) is 25.1. The van der Waals surface area contributed by atoms with E-state index in [0.717, 1.165) is 40.8 Å². The number of carbonyl (C=O) groups is 1. The number of amides is 1. The van der Waals surface area contributed by atoms with Crippen LogP contribution < -0.4 is 10.1 Å². The molecule has 0 aliphatic carbocycles. The van der Waals surface area contributed by atoms with Crippen molar-refractivity contribution in [2.45, 2.75) is 51.4 Å². The second kappa shape index (κ2) is 10.7. The maximum absolute atomic E-state index is 13.1. The standard InChI is InChI=1S/C24H25F3N4O3S/c1-3-19-12-28-23(35-19)16-9-15(10-18(11-16)34-13-17-5-4-8-33-17)22(32)29-14(2)20-6-7-21(31-30-20)24(25,26)27/h6-7,9-12,14,17H,3-5,8,13H2,1-2H3,(H,29,32)/t14?,17-/m0/s1. The van der Waals surface area contributed by atoms with Gasteiger partial charge in [-0.15, -0.1) is 16.4 Å². The highest BCUT2D eigenvalue weighted by molar-refractivity contribution is 7.15. The van der Waals surface area contributed by atoms with Crippen LogP contribution in [0, 0.1) is 0 Å². The van der Waals surface area contributed by atoms with Crippen LogP contribution in [0.15, 0.2) is 36.5 Å². The predicted molar refractivity (Wildman–Crippen MR) is 124 cm³/mol. The van der Waals surface area contributed by atoms with Crippen LogP contribution in [0.1, 0.15) is 59.4 Å². The Kier molecular flexibility index (Phi) is 7.66. The molecule has 0 bridgehead atoms. The van der Waals surface area contributed by atoms with Crippen LogP contribution in [0.3, 0.4) is 0 Å². The van der Waals surface area contributed by atoms with Crippen molar-refractivity contribution in [2.24, 2.45) is 0 Å². The van der Waals surface area contributed by atoms with Crippen molar-refractivity contribution in [2.75, 3.05) is 13.2 Å². The Hall–Kier alpha value is -3.05. The number of nitrogens with zero attached hydrogens (tertiary/aromatic N) is 3. The maximum atomic E-state index is 13.1. The van der Waals surface area contributed by atoms with Crippen molar-refractivity contribution in [3.63, 3.8) is 0 Å². The molecule has 1 aliphatic heterocycles. The average Bonchev–Trinajstić information content (AvgIpc) is 3.54. The SMILES string of the molecule is CCc1cnc(-c2cc(OC[C@@H]3CCCO3)cc(C(=O)NC(C)c3ccc(C(F)(F)F)nn3)c2)s1. The van der Waals surface area contributed by atoms with Gasteiger partial charge in [0.15, 0.2) is 5.69 Å². The molecule has 1 fully saturated rings. The van der Waals surface area contributed by atoms with Gasteiger partial charge in [0.1, 0.15) is 17.4 Å². The molecule has 4 rings (SSSR count). The fraction of sp³-hybridized carbons (Fsp3) is 0.417. The molecule has 3 aromatic rings. The van der Waals surface area contributed by atoms with Gasteiger partial charge in [0.25, 0.3) is 5.91 Å². The zero-order chi connectivity index (χ0) is 25.0. The Balaban J connectivity index is 1.54. The summed E-state index contributed by atoms with van der Waals surface area (Å²) in [5, 5.41) is 10.4. The fourth-order valence-corrected chi connectivity index (χ4v) is 4.42. The molecule has 1 amide bonds. The first-order chi connectivity index (χ1) is 16.7. The van der Waals surface area contributed by atoms with Gasteiger partial charge in [-0.05, 0) is 56.5 Å². The van der Waals surface area contributed by atoms with E-state index >= 15 is 0 Å². The lowest BCUT2D eigenvalue weighted by atomic mass is 10.1. The molecule has 1 aliphatic rings. The van der Waals surface area contributed by atoms with Gasteiger partial charge >= 0.3 is 6.18 Å². The molecule has 1 N–H and O–H groups in total. The first-order valence-corrected chi connectivity index (χ1v) is 12.1. The van der Waals surface area contributed by atoms with E-state index in [1.54, 1.807) is 19.1 Å². The molecule has 0 radical (unpaired) electrons. The van der Waals surface area contributed by atoms with E-state index in [2.05, 4.69) is 20.5 Å². The highest BCUT2D eigenvalue weighted by Crippen LogP contribution is 2.31. The lowest BCUT2D eigenvalue weighted by Crippen LogP contribution is -2.27. The summed E-state index contributed by atoms with van der Waals surface area (Å²) in [6.07, 6.45) is 0.0138. The molecule has 3 heterocycles. The Morgan fingerprint density at radius 1 is 1.29 bits per heavy atom. The van der Waals surface area contributed by atoms with Crippen LogP contribution in [0.4, 0.5) is 13.2 Å². The van der Waals surface area contributed by atoms with E-state index in [0.29, 0.717) is 24.5 Å². The Labute approximate surface area is 204 Å². The van der Waals surface area contributed by atoms with Crippen molar-refractivity contribution in [1.29, 1.82) is 0 Å². The van der Waals surface area contributed by atoms with Gasteiger partial charge in [0.2, 0.25) is 0 Å². The second-order valence-corrected chi connectivity index (χ2v) is 9.33. The van der Waals surface area contributed by atoms with Crippen LogP contribution >= 0.6 is 11.3 Å². The molecular weight excluding hydrogens is 481 g/mol. The van der Waals surface area contributed by atoms with E-state index in [-0.39, 0.29) is 11.8 Å². The third-order valence-electron chi connectivity index (χ3n) is 5.54. The third-order valence-corrected chi connectivity index (χ3v) is 6.74. The van der Waals surface area contributed by atoms with E-state index in [1.165, 1.54) is 17.4 Å². The Bertz CT molecular complexity index is 1160. The Morgan fingerprint density at radius 2 is 2.11 bits per heavy atom. The van der Waals surface area contributed by atoms with E-state index in [1.807, 2.05) is 19.2 Å². The summed E-state index contributed by atoms with van der Waals surface area (Å²) in [5.74, 6) is 0.0914. The number of thiazole rings is 1. The topological polar surface area (TPSA) is 86.2 Å². The van der Waals surface area contributed by atoms with Gasteiger partial charge in [0.05, 0.1) is 17.8 Å². The summed E-state index contributed by atoms with van der Waals surface area (Å²) < 4.78 is 49.8. The number of ether oxygens (including phenoxy) is 2. The second-order valence-electron chi connectivity index (χ2n) is 8.21. The van der Waals surface area contributed by atoms with Gasteiger partial charge in [-0.25, -0.2) is 4.98 Å². The van der Waals surface area contributed by atoms with Crippen molar-refractivity contribution in [1.82, 2.24) is 20.5 Å². The van der Waals surface area contributed by atoms with Crippen LogP contribution in [0.2, 0.25) is 0 Å². The number of hydrogen-bond acceptors (Lipinski definition) is 7. The average molecular weight is 507 g/mol. The van der Waals surface area contributed by atoms with E-state index in [4.69, 9.17) is 9.47 Å². The molecule has 0 saturated carbocycles.